The monoisotopic (exact) mass is 288 g/mol. The zero-order valence-corrected chi connectivity index (χ0v) is 11.6. The van der Waals surface area contributed by atoms with Crippen molar-refractivity contribution in [3.8, 4) is 0 Å². The average Bonchev–Trinajstić information content (AvgIpc) is 2.38. The Morgan fingerprint density at radius 3 is 2.68 bits per heavy atom. The van der Waals surface area contributed by atoms with Crippen LogP contribution in [-0.2, 0) is 19.6 Å². The molecule has 0 aliphatic carbocycles. The van der Waals surface area contributed by atoms with Crippen LogP contribution in [0.2, 0.25) is 0 Å². The lowest BCUT2D eigenvalue weighted by molar-refractivity contribution is -0.140. The van der Waals surface area contributed by atoms with Gasteiger partial charge in [0.1, 0.15) is 11.4 Å². The van der Waals surface area contributed by atoms with Gasteiger partial charge in [0.2, 0.25) is 15.5 Å². The van der Waals surface area contributed by atoms with Gasteiger partial charge in [-0.3, -0.25) is 9.59 Å². The number of methoxy groups -OCH3 is 1. The van der Waals surface area contributed by atoms with E-state index in [0.29, 0.717) is 6.42 Å². The van der Waals surface area contributed by atoms with E-state index in [1.54, 1.807) is 6.92 Å². The molecule has 0 spiro atoms. The second-order valence-electron chi connectivity index (χ2n) is 3.79. The summed E-state index contributed by atoms with van der Waals surface area (Å²) in [5, 5.41) is 0. The topological polar surface area (TPSA) is 96.5 Å². The zero-order chi connectivity index (χ0) is 14.5. The number of ether oxygens (including phenoxy) is 1. The number of nitrogens with one attached hydrogen (secondary N) is 1. The van der Waals surface area contributed by atoms with Gasteiger partial charge in [-0.1, -0.05) is 6.92 Å². The van der Waals surface area contributed by atoms with Crippen LogP contribution >= 0.6 is 0 Å². The highest BCUT2D eigenvalue weighted by Gasteiger charge is 2.28. The van der Waals surface area contributed by atoms with Crippen LogP contribution in [0.3, 0.4) is 0 Å². The SMILES string of the molecule is CCCN(CC(=O)OC)S(=O)(=O)c1c[nH]ccc1=O. The predicted molar refractivity (Wildman–Crippen MR) is 68.1 cm³/mol. The van der Waals surface area contributed by atoms with Crippen LogP contribution < -0.4 is 5.43 Å². The summed E-state index contributed by atoms with van der Waals surface area (Å²) in [6, 6.07) is 1.12. The molecule has 1 aromatic rings. The summed E-state index contributed by atoms with van der Waals surface area (Å²) in [6.07, 6.45) is 2.96. The second-order valence-corrected chi connectivity index (χ2v) is 5.69. The summed E-state index contributed by atoms with van der Waals surface area (Å²) in [7, 11) is -2.84. The zero-order valence-electron chi connectivity index (χ0n) is 10.8. The molecule has 0 radical (unpaired) electrons. The quantitative estimate of drug-likeness (QED) is 0.740. The van der Waals surface area contributed by atoms with E-state index in [-0.39, 0.29) is 11.4 Å². The molecule has 0 aliphatic heterocycles. The van der Waals surface area contributed by atoms with Crippen molar-refractivity contribution in [1.82, 2.24) is 9.29 Å². The third kappa shape index (κ3) is 3.65. The van der Waals surface area contributed by atoms with Crippen molar-refractivity contribution < 1.29 is 17.9 Å². The van der Waals surface area contributed by atoms with Crippen LogP contribution in [-0.4, -0.2) is 43.9 Å². The van der Waals surface area contributed by atoms with Crippen molar-refractivity contribution in [3.05, 3.63) is 28.7 Å². The standard InChI is InChI=1S/C11H16N2O5S/c1-3-6-13(8-11(15)18-2)19(16,17)10-7-12-5-4-9(10)14/h4-5,7H,3,6,8H2,1-2H3,(H,12,14). The molecule has 0 aliphatic rings. The minimum Gasteiger partial charge on any atom is -0.468 e. The minimum absolute atomic E-state index is 0.131. The lowest BCUT2D eigenvalue weighted by atomic mass is 10.5. The largest absolute Gasteiger partial charge is 0.468 e. The van der Waals surface area contributed by atoms with E-state index < -0.39 is 28.0 Å². The summed E-state index contributed by atoms with van der Waals surface area (Å²) in [5.74, 6) is -0.676. The number of hydrogen-bond donors (Lipinski definition) is 1. The Balaban J connectivity index is 3.17. The number of aromatic nitrogens is 1. The summed E-state index contributed by atoms with van der Waals surface area (Å²) in [4.78, 5) is 25.0. The maximum atomic E-state index is 12.3. The molecule has 1 N–H and O–H groups in total. The van der Waals surface area contributed by atoms with Crippen LogP contribution in [0.25, 0.3) is 0 Å². The highest BCUT2D eigenvalue weighted by atomic mass is 32.2. The number of carbonyl (C=O) groups is 1. The lowest BCUT2D eigenvalue weighted by Gasteiger charge is -2.19. The van der Waals surface area contributed by atoms with Gasteiger partial charge in [0.15, 0.2) is 0 Å². The average molecular weight is 288 g/mol. The van der Waals surface area contributed by atoms with E-state index in [2.05, 4.69) is 9.72 Å². The molecule has 0 fully saturated rings. The van der Waals surface area contributed by atoms with Crippen molar-refractivity contribution in [2.75, 3.05) is 20.2 Å². The fourth-order valence-corrected chi connectivity index (χ4v) is 3.00. The van der Waals surface area contributed by atoms with Gasteiger partial charge in [-0.15, -0.1) is 0 Å². The highest BCUT2D eigenvalue weighted by molar-refractivity contribution is 7.89. The van der Waals surface area contributed by atoms with Gasteiger partial charge in [0.05, 0.1) is 7.11 Å². The Labute approximate surface area is 111 Å². The van der Waals surface area contributed by atoms with Gasteiger partial charge in [-0.2, -0.15) is 4.31 Å². The number of H-pyrrole nitrogens is 1. The number of carbonyl (C=O) groups excluding carboxylic acids is 1. The van der Waals surface area contributed by atoms with E-state index >= 15 is 0 Å². The van der Waals surface area contributed by atoms with Crippen LogP contribution in [0.5, 0.6) is 0 Å². The van der Waals surface area contributed by atoms with Crippen LogP contribution in [0.1, 0.15) is 13.3 Å². The van der Waals surface area contributed by atoms with Crippen molar-refractivity contribution in [1.29, 1.82) is 0 Å². The molecule has 0 saturated carbocycles. The van der Waals surface area contributed by atoms with Gasteiger partial charge < -0.3 is 9.72 Å². The van der Waals surface area contributed by atoms with Gasteiger partial charge in [-0.05, 0) is 6.42 Å². The van der Waals surface area contributed by atoms with Crippen molar-refractivity contribution in [2.24, 2.45) is 0 Å². The van der Waals surface area contributed by atoms with E-state index in [1.807, 2.05) is 0 Å². The maximum Gasteiger partial charge on any atom is 0.321 e. The Bertz CT molecular complexity index is 593. The Morgan fingerprint density at radius 1 is 1.47 bits per heavy atom. The number of sulfonamides is 1. The predicted octanol–water partition coefficient (Wildman–Crippen LogP) is -0.0514. The molecule has 1 rings (SSSR count). The van der Waals surface area contributed by atoms with Gasteiger partial charge in [0.25, 0.3) is 0 Å². The van der Waals surface area contributed by atoms with Gasteiger partial charge >= 0.3 is 5.97 Å². The highest BCUT2D eigenvalue weighted by Crippen LogP contribution is 2.11. The molecular weight excluding hydrogens is 272 g/mol. The molecule has 7 nitrogen and oxygen atoms in total. The molecule has 106 valence electrons. The Hall–Kier alpha value is -1.67. The van der Waals surface area contributed by atoms with E-state index in [9.17, 15) is 18.0 Å². The Kier molecular flexibility index (Phi) is 5.25. The number of aromatic amines is 1. The van der Waals surface area contributed by atoms with Crippen LogP contribution in [0, 0.1) is 0 Å². The second kappa shape index (κ2) is 6.48. The number of esters is 1. The number of hydrogen-bond acceptors (Lipinski definition) is 5. The third-order valence-electron chi connectivity index (χ3n) is 2.41. The molecule has 0 saturated heterocycles. The van der Waals surface area contributed by atoms with Gasteiger partial charge in [-0.25, -0.2) is 8.42 Å². The molecule has 1 heterocycles. The summed E-state index contributed by atoms with van der Waals surface area (Å²) in [5.41, 5.74) is -0.621. The van der Waals surface area contributed by atoms with Crippen LogP contribution in [0.15, 0.2) is 28.2 Å². The van der Waals surface area contributed by atoms with Crippen molar-refractivity contribution in [3.63, 3.8) is 0 Å². The number of rotatable bonds is 6. The molecule has 0 atom stereocenters. The summed E-state index contributed by atoms with van der Waals surface area (Å²) in [6.45, 7) is 1.49. The fourth-order valence-electron chi connectivity index (χ4n) is 1.48. The molecular formula is C11H16N2O5S. The Morgan fingerprint density at radius 2 is 2.16 bits per heavy atom. The van der Waals surface area contributed by atoms with Gasteiger partial charge in [0, 0.05) is 25.0 Å². The first-order valence-corrected chi connectivity index (χ1v) is 7.11. The first-order valence-electron chi connectivity index (χ1n) is 5.67. The van der Waals surface area contributed by atoms with E-state index in [4.69, 9.17) is 0 Å². The number of nitrogens with zero attached hydrogens (tertiary/aromatic N) is 1. The van der Waals surface area contributed by atoms with Crippen molar-refractivity contribution in [2.45, 2.75) is 18.2 Å². The van der Waals surface area contributed by atoms with E-state index in [1.165, 1.54) is 13.3 Å². The maximum absolute atomic E-state index is 12.3. The van der Waals surface area contributed by atoms with E-state index in [0.717, 1.165) is 16.6 Å². The molecule has 1 aromatic heterocycles. The first-order chi connectivity index (χ1) is 8.93. The summed E-state index contributed by atoms with van der Waals surface area (Å²) >= 11 is 0. The molecule has 19 heavy (non-hydrogen) atoms. The summed E-state index contributed by atoms with van der Waals surface area (Å²) < 4.78 is 30.0. The fraction of sp³-hybridized carbons (Fsp3) is 0.455. The first kappa shape index (κ1) is 15.4. The number of pyridine rings is 1. The normalized spacial score (nSPS) is 11.5. The lowest BCUT2D eigenvalue weighted by Crippen LogP contribution is -2.38. The molecule has 8 heteroatoms. The molecule has 0 unspecified atom stereocenters. The molecule has 0 aromatic carbocycles. The van der Waals surface area contributed by atoms with Crippen molar-refractivity contribution >= 4 is 16.0 Å². The van der Waals surface area contributed by atoms with Crippen LogP contribution in [0.4, 0.5) is 0 Å². The minimum atomic E-state index is -4.01. The molecule has 0 amide bonds. The molecule has 0 bridgehead atoms. The smallest absolute Gasteiger partial charge is 0.321 e. The third-order valence-corrected chi connectivity index (χ3v) is 4.28.